The molecular weight excluding hydrogens is 445 g/mol. The summed E-state index contributed by atoms with van der Waals surface area (Å²) in [4.78, 5) is 0. The number of methoxy groups -OCH3 is 1. The molecule has 0 amide bonds. The SMILES string of the molecule is COc1cc(CNC(C)CCc2ccccc2)c(Br)cc1OCc1ccc(F)cc1. The molecule has 0 spiro atoms. The van der Waals surface area contributed by atoms with Gasteiger partial charge in [0.2, 0.25) is 0 Å². The van der Waals surface area contributed by atoms with Gasteiger partial charge in [0.25, 0.3) is 0 Å². The van der Waals surface area contributed by atoms with Crippen LogP contribution >= 0.6 is 15.9 Å². The lowest BCUT2D eigenvalue weighted by Crippen LogP contribution is -2.26. The Balaban J connectivity index is 1.56. The van der Waals surface area contributed by atoms with E-state index in [4.69, 9.17) is 9.47 Å². The molecule has 0 saturated heterocycles. The Morgan fingerprint density at radius 1 is 0.967 bits per heavy atom. The fourth-order valence-electron chi connectivity index (χ4n) is 3.14. The first kappa shape index (κ1) is 22.3. The number of nitrogens with one attached hydrogen (secondary N) is 1. The Kier molecular flexibility index (Phi) is 8.29. The Morgan fingerprint density at radius 3 is 2.40 bits per heavy atom. The van der Waals surface area contributed by atoms with Crippen LogP contribution in [0.4, 0.5) is 4.39 Å². The molecule has 3 aromatic rings. The number of hydrogen-bond acceptors (Lipinski definition) is 3. The van der Waals surface area contributed by atoms with E-state index in [1.165, 1.54) is 17.7 Å². The number of halogens is 2. The fraction of sp³-hybridized carbons (Fsp3) is 0.280. The largest absolute Gasteiger partial charge is 0.493 e. The minimum absolute atomic E-state index is 0.256. The molecule has 1 unspecified atom stereocenters. The first-order chi connectivity index (χ1) is 14.5. The van der Waals surface area contributed by atoms with Crippen LogP contribution in [0.1, 0.15) is 30.0 Å². The highest BCUT2D eigenvalue weighted by molar-refractivity contribution is 9.10. The second kappa shape index (κ2) is 11.1. The van der Waals surface area contributed by atoms with Gasteiger partial charge in [-0.25, -0.2) is 4.39 Å². The van der Waals surface area contributed by atoms with Gasteiger partial charge in [-0.2, -0.15) is 0 Å². The van der Waals surface area contributed by atoms with E-state index in [-0.39, 0.29) is 5.82 Å². The molecule has 5 heteroatoms. The molecule has 0 aliphatic rings. The summed E-state index contributed by atoms with van der Waals surface area (Å²) in [5.41, 5.74) is 3.36. The third kappa shape index (κ3) is 6.57. The molecule has 0 aliphatic heterocycles. The Bertz CT molecular complexity index is 932. The van der Waals surface area contributed by atoms with Crippen molar-refractivity contribution in [3.8, 4) is 11.5 Å². The van der Waals surface area contributed by atoms with E-state index in [1.807, 2.05) is 18.2 Å². The summed E-state index contributed by atoms with van der Waals surface area (Å²) in [5.74, 6) is 1.07. The van der Waals surface area contributed by atoms with E-state index in [0.717, 1.165) is 35.0 Å². The first-order valence-electron chi connectivity index (χ1n) is 10.1. The van der Waals surface area contributed by atoms with Crippen LogP contribution in [0, 0.1) is 5.82 Å². The first-order valence-corrected chi connectivity index (χ1v) is 10.9. The van der Waals surface area contributed by atoms with Gasteiger partial charge in [0, 0.05) is 17.1 Å². The second-order valence-electron chi connectivity index (χ2n) is 7.32. The van der Waals surface area contributed by atoms with Gasteiger partial charge in [-0.05, 0) is 60.7 Å². The average molecular weight is 472 g/mol. The molecule has 1 atom stereocenters. The van der Waals surface area contributed by atoms with Crippen LogP contribution in [0.5, 0.6) is 11.5 Å². The molecule has 0 saturated carbocycles. The molecule has 3 aromatic carbocycles. The summed E-state index contributed by atoms with van der Waals surface area (Å²) < 4.78 is 25.4. The van der Waals surface area contributed by atoms with Crippen LogP contribution in [0.2, 0.25) is 0 Å². The second-order valence-corrected chi connectivity index (χ2v) is 8.17. The summed E-state index contributed by atoms with van der Waals surface area (Å²) in [7, 11) is 1.63. The number of aryl methyl sites for hydroxylation is 1. The minimum Gasteiger partial charge on any atom is -0.493 e. The third-order valence-corrected chi connectivity index (χ3v) is 5.73. The van der Waals surface area contributed by atoms with Gasteiger partial charge in [0.1, 0.15) is 12.4 Å². The number of ether oxygens (including phenoxy) is 2. The highest BCUT2D eigenvalue weighted by Gasteiger charge is 2.12. The van der Waals surface area contributed by atoms with Gasteiger partial charge in [-0.3, -0.25) is 0 Å². The fourth-order valence-corrected chi connectivity index (χ4v) is 3.60. The van der Waals surface area contributed by atoms with Crippen molar-refractivity contribution in [3.05, 3.63) is 93.7 Å². The lowest BCUT2D eigenvalue weighted by molar-refractivity contribution is 0.284. The number of hydrogen-bond donors (Lipinski definition) is 1. The van der Waals surface area contributed by atoms with E-state index in [1.54, 1.807) is 19.2 Å². The molecule has 0 bridgehead atoms. The van der Waals surface area contributed by atoms with E-state index >= 15 is 0 Å². The highest BCUT2D eigenvalue weighted by atomic mass is 79.9. The van der Waals surface area contributed by atoms with Crippen LogP contribution in [0.25, 0.3) is 0 Å². The predicted octanol–water partition coefficient (Wildman–Crippen LogP) is 6.29. The zero-order chi connectivity index (χ0) is 21.3. The third-order valence-electron chi connectivity index (χ3n) is 4.99. The lowest BCUT2D eigenvalue weighted by Gasteiger charge is -2.17. The predicted molar refractivity (Wildman–Crippen MR) is 122 cm³/mol. The van der Waals surface area contributed by atoms with Crippen molar-refractivity contribution in [2.75, 3.05) is 7.11 Å². The molecular formula is C25H27BrFNO2. The van der Waals surface area contributed by atoms with Crippen molar-refractivity contribution in [1.82, 2.24) is 5.32 Å². The molecule has 0 heterocycles. The Morgan fingerprint density at radius 2 is 1.70 bits per heavy atom. The summed E-state index contributed by atoms with van der Waals surface area (Å²) in [6.07, 6.45) is 2.12. The van der Waals surface area contributed by atoms with Crippen molar-refractivity contribution in [1.29, 1.82) is 0 Å². The van der Waals surface area contributed by atoms with Gasteiger partial charge in [0.15, 0.2) is 11.5 Å². The van der Waals surface area contributed by atoms with E-state index in [2.05, 4.69) is 52.4 Å². The molecule has 0 aliphatic carbocycles. The van der Waals surface area contributed by atoms with Crippen LogP contribution in [-0.2, 0) is 19.6 Å². The smallest absolute Gasteiger partial charge is 0.162 e. The van der Waals surface area contributed by atoms with E-state index < -0.39 is 0 Å². The van der Waals surface area contributed by atoms with E-state index in [0.29, 0.717) is 24.1 Å². The van der Waals surface area contributed by atoms with Gasteiger partial charge in [-0.1, -0.05) is 58.4 Å². The molecule has 30 heavy (non-hydrogen) atoms. The lowest BCUT2D eigenvalue weighted by atomic mass is 10.1. The van der Waals surface area contributed by atoms with Crippen LogP contribution < -0.4 is 14.8 Å². The number of benzene rings is 3. The quantitative estimate of drug-likeness (QED) is 0.377. The molecule has 0 fully saturated rings. The van der Waals surface area contributed by atoms with Gasteiger partial charge in [0.05, 0.1) is 7.11 Å². The Labute approximate surface area is 186 Å². The van der Waals surface area contributed by atoms with Crippen LogP contribution in [-0.4, -0.2) is 13.2 Å². The van der Waals surface area contributed by atoms with Crippen molar-refractivity contribution in [2.24, 2.45) is 0 Å². The standard InChI is InChI=1S/C25H27BrFNO2/c1-18(8-9-19-6-4-3-5-7-19)28-16-21-14-24(29-2)25(15-23(21)26)30-17-20-10-12-22(27)13-11-20/h3-7,10-15,18,28H,8-9,16-17H2,1-2H3. The molecule has 0 aromatic heterocycles. The molecule has 158 valence electrons. The normalized spacial score (nSPS) is 11.9. The van der Waals surface area contributed by atoms with Gasteiger partial charge >= 0.3 is 0 Å². The molecule has 1 N–H and O–H groups in total. The van der Waals surface area contributed by atoms with Gasteiger partial charge < -0.3 is 14.8 Å². The number of rotatable bonds is 10. The monoisotopic (exact) mass is 471 g/mol. The van der Waals surface area contributed by atoms with Crippen molar-refractivity contribution >= 4 is 15.9 Å². The zero-order valence-corrected chi connectivity index (χ0v) is 18.9. The summed E-state index contributed by atoms with van der Waals surface area (Å²) in [6.45, 7) is 3.27. The maximum absolute atomic E-state index is 13.1. The summed E-state index contributed by atoms with van der Waals surface area (Å²) in [5, 5.41) is 3.58. The minimum atomic E-state index is -0.256. The summed E-state index contributed by atoms with van der Waals surface area (Å²) in [6, 6.07) is 21.1. The van der Waals surface area contributed by atoms with Crippen LogP contribution in [0.3, 0.4) is 0 Å². The van der Waals surface area contributed by atoms with Gasteiger partial charge in [-0.15, -0.1) is 0 Å². The molecule has 3 nitrogen and oxygen atoms in total. The van der Waals surface area contributed by atoms with E-state index in [9.17, 15) is 4.39 Å². The maximum Gasteiger partial charge on any atom is 0.162 e. The van der Waals surface area contributed by atoms with Crippen molar-refractivity contribution in [2.45, 2.75) is 39.0 Å². The van der Waals surface area contributed by atoms with Crippen molar-refractivity contribution < 1.29 is 13.9 Å². The van der Waals surface area contributed by atoms with Crippen molar-refractivity contribution in [3.63, 3.8) is 0 Å². The van der Waals surface area contributed by atoms with Crippen LogP contribution in [0.15, 0.2) is 71.2 Å². The highest BCUT2D eigenvalue weighted by Crippen LogP contribution is 2.34. The summed E-state index contributed by atoms with van der Waals surface area (Å²) >= 11 is 3.65. The molecule has 3 rings (SSSR count). The Hall–Kier alpha value is -2.37. The average Bonchev–Trinajstić information content (AvgIpc) is 2.77. The maximum atomic E-state index is 13.1. The topological polar surface area (TPSA) is 30.5 Å². The molecule has 0 radical (unpaired) electrons. The zero-order valence-electron chi connectivity index (χ0n) is 17.3.